The number of likely N-dealkylation sites (tertiary alicyclic amines) is 1. The van der Waals surface area contributed by atoms with Crippen molar-refractivity contribution in [2.45, 2.75) is 32.8 Å². The van der Waals surface area contributed by atoms with Crippen LogP contribution in [0.5, 0.6) is 0 Å². The van der Waals surface area contributed by atoms with Gasteiger partial charge in [0.05, 0.1) is 12.2 Å². The fourth-order valence-corrected chi connectivity index (χ4v) is 3.10. The summed E-state index contributed by atoms with van der Waals surface area (Å²) in [5.41, 5.74) is 0. The molecule has 1 saturated carbocycles. The Hall–Kier alpha value is -1.08. The fourth-order valence-electron chi connectivity index (χ4n) is 3.10. The molecule has 0 bridgehead atoms. The van der Waals surface area contributed by atoms with Gasteiger partial charge in [0.25, 0.3) is 0 Å². The first-order valence-electron chi connectivity index (χ1n) is 6.41. The SMILES string of the molecule is CC(C)C(C#N)C(=O)N1CC2CCC(O)C2C1. The van der Waals surface area contributed by atoms with Crippen LogP contribution >= 0.6 is 0 Å². The second kappa shape index (κ2) is 4.66. The van der Waals surface area contributed by atoms with Gasteiger partial charge in [-0.2, -0.15) is 5.26 Å². The predicted octanol–water partition coefficient (Wildman–Crippen LogP) is 1.01. The second-order valence-corrected chi connectivity index (χ2v) is 5.66. The Labute approximate surface area is 102 Å². The van der Waals surface area contributed by atoms with Crippen molar-refractivity contribution in [2.75, 3.05) is 13.1 Å². The van der Waals surface area contributed by atoms with E-state index in [1.54, 1.807) is 4.90 Å². The molecule has 0 aromatic carbocycles. The lowest BCUT2D eigenvalue weighted by atomic mass is 9.96. The third-order valence-corrected chi connectivity index (χ3v) is 4.20. The van der Waals surface area contributed by atoms with E-state index < -0.39 is 5.92 Å². The van der Waals surface area contributed by atoms with Gasteiger partial charge < -0.3 is 10.0 Å². The number of nitriles is 1. The molecular formula is C13H20N2O2. The van der Waals surface area contributed by atoms with E-state index in [1.807, 2.05) is 13.8 Å². The summed E-state index contributed by atoms with van der Waals surface area (Å²) in [7, 11) is 0. The molecule has 0 aromatic heterocycles. The van der Waals surface area contributed by atoms with Crippen LogP contribution in [0.25, 0.3) is 0 Å². The van der Waals surface area contributed by atoms with E-state index in [2.05, 4.69) is 6.07 Å². The minimum absolute atomic E-state index is 0.0518. The van der Waals surface area contributed by atoms with Crippen molar-refractivity contribution in [2.24, 2.45) is 23.7 Å². The molecule has 1 aliphatic carbocycles. The van der Waals surface area contributed by atoms with Crippen LogP contribution < -0.4 is 0 Å². The summed E-state index contributed by atoms with van der Waals surface area (Å²) in [6, 6.07) is 2.10. The highest BCUT2D eigenvalue weighted by atomic mass is 16.3. The minimum atomic E-state index is -0.536. The van der Waals surface area contributed by atoms with Crippen molar-refractivity contribution in [3.05, 3.63) is 0 Å². The molecule has 0 aromatic rings. The molecule has 4 heteroatoms. The molecule has 0 radical (unpaired) electrons. The summed E-state index contributed by atoms with van der Waals surface area (Å²) in [5, 5.41) is 18.8. The van der Waals surface area contributed by atoms with Crippen LogP contribution in [0.15, 0.2) is 0 Å². The number of rotatable bonds is 2. The summed E-state index contributed by atoms with van der Waals surface area (Å²) < 4.78 is 0. The molecule has 1 saturated heterocycles. The summed E-state index contributed by atoms with van der Waals surface area (Å²) in [6.45, 7) is 5.16. The lowest BCUT2D eigenvalue weighted by Gasteiger charge is -2.22. The minimum Gasteiger partial charge on any atom is -0.393 e. The Balaban J connectivity index is 2.02. The molecule has 94 valence electrons. The van der Waals surface area contributed by atoms with Gasteiger partial charge in [0.2, 0.25) is 5.91 Å². The van der Waals surface area contributed by atoms with E-state index in [0.29, 0.717) is 12.5 Å². The molecule has 1 amide bonds. The highest BCUT2D eigenvalue weighted by molar-refractivity contribution is 5.81. The molecule has 17 heavy (non-hydrogen) atoms. The van der Waals surface area contributed by atoms with Gasteiger partial charge in [-0.25, -0.2) is 0 Å². The van der Waals surface area contributed by atoms with Crippen molar-refractivity contribution < 1.29 is 9.90 Å². The first kappa shape index (κ1) is 12.4. The molecule has 1 aliphatic heterocycles. The Morgan fingerprint density at radius 2 is 2.12 bits per heavy atom. The van der Waals surface area contributed by atoms with Crippen LogP contribution in [0.2, 0.25) is 0 Å². The molecule has 4 unspecified atom stereocenters. The Morgan fingerprint density at radius 1 is 1.41 bits per heavy atom. The molecule has 4 atom stereocenters. The van der Waals surface area contributed by atoms with Gasteiger partial charge in [-0.15, -0.1) is 0 Å². The van der Waals surface area contributed by atoms with Gasteiger partial charge in [0, 0.05) is 19.0 Å². The topological polar surface area (TPSA) is 64.3 Å². The zero-order chi connectivity index (χ0) is 12.6. The first-order valence-corrected chi connectivity index (χ1v) is 6.41. The number of carbonyl (C=O) groups excluding carboxylic acids is 1. The predicted molar refractivity (Wildman–Crippen MR) is 62.7 cm³/mol. The maximum absolute atomic E-state index is 12.2. The molecule has 2 rings (SSSR count). The first-order chi connectivity index (χ1) is 8.04. The number of hydrogen-bond acceptors (Lipinski definition) is 3. The van der Waals surface area contributed by atoms with Crippen LogP contribution in [0, 0.1) is 35.0 Å². The number of aliphatic hydroxyl groups is 1. The largest absolute Gasteiger partial charge is 0.393 e. The Morgan fingerprint density at radius 3 is 2.65 bits per heavy atom. The quantitative estimate of drug-likeness (QED) is 0.778. The van der Waals surface area contributed by atoms with Crippen LogP contribution in [-0.2, 0) is 4.79 Å². The lowest BCUT2D eigenvalue weighted by Crippen LogP contribution is -2.37. The summed E-state index contributed by atoms with van der Waals surface area (Å²) >= 11 is 0. The molecule has 1 heterocycles. The van der Waals surface area contributed by atoms with Crippen LogP contribution in [0.4, 0.5) is 0 Å². The number of fused-ring (bicyclic) bond motifs is 1. The molecular weight excluding hydrogens is 216 g/mol. The van der Waals surface area contributed by atoms with Crippen LogP contribution in [0.3, 0.4) is 0 Å². The van der Waals surface area contributed by atoms with E-state index in [1.165, 1.54) is 0 Å². The van der Waals surface area contributed by atoms with Gasteiger partial charge in [0.15, 0.2) is 0 Å². The zero-order valence-electron chi connectivity index (χ0n) is 10.5. The van der Waals surface area contributed by atoms with Gasteiger partial charge in [0.1, 0.15) is 5.92 Å². The van der Waals surface area contributed by atoms with Crippen LogP contribution in [-0.4, -0.2) is 35.1 Å². The van der Waals surface area contributed by atoms with Crippen molar-refractivity contribution in [3.8, 4) is 6.07 Å². The van der Waals surface area contributed by atoms with Crippen molar-refractivity contribution in [3.63, 3.8) is 0 Å². The highest BCUT2D eigenvalue weighted by Crippen LogP contribution is 2.38. The summed E-state index contributed by atoms with van der Waals surface area (Å²) in [5.74, 6) is 0.152. The monoisotopic (exact) mass is 236 g/mol. The fraction of sp³-hybridized carbons (Fsp3) is 0.846. The van der Waals surface area contributed by atoms with Crippen molar-refractivity contribution in [1.82, 2.24) is 4.90 Å². The highest BCUT2D eigenvalue weighted by Gasteiger charge is 2.44. The maximum Gasteiger partial charge on any atom is 0.240 e. The van der Waals surface area contributed by atoms with Crippen LogP contribution in [0.1, 0.15) is 26.7 Å². The standard InChI is InChI=1S/C13H20N2O2/c1-8(2)10(5-14)13(17)15-6-9-3-4-12(16)11(9)7-15/h8-12,16H,3-4,6-7H2,1-2H3. The van der Waals surface area contributed by atoms with Gasteiger partial charge in [-0.05, 0) is 24.7 Å². The van der Waals surface area contributed by atoms with Crippen molar-refractivity contribution in [1.29, 1.82) is 5.26 Å². The summed E-state index contributed by atoms with van der Waals surface area (Å²) in [4.78, 5) is 14.0. The zero-order valence-corrected chi connectivity index (χ0v) is 10.5. The Bertz CT molecular complexity index is 348. The molecule has 1 N–H and O–H groups in total. The average Bonchev–Trinajstić information content (AvgIpc) is 2.81. The molecule has 2 fully saturated rings. The average molecular weight is 236 g/mol. The number of aliphatic hydroxyl groups excluding tert-OH is 1. The number of nitrogens with zero attached hydrogens (tertiary/aromatic N) is 2. The number of hydrogen-bond donors (Lipinski definition) is 1. The Kier molecular flexibility index (Phi) is 3.39. The summed E-state index contributed by atoms with van der Waals surface area (Å²) in [6.07, 6.45) is 1.62. The van der Waals surface area contributed by atoms with Gasteiger partial charge >= 0.3 is 0 Å². The van der Waals surface area contributed by atoms with E-state index in [0.717, 1.165) is 19.4 Å². The number of carbonyl (C=O) groups is 1. The van der Waals surface area contributed by atoms with E-state index in [9.17, 15) is 9.90 Å². The number of amides is 1. The lowest BCUT2D eigenvalue weighted by molar-refractivity contribution is -0.134. The van der Waals surface area contributed by atoms with E-state index >= 15 is 0 Å². The van der Waals surface area contributed by atoms with E-state index in [-0.39, 0.29) is 23.8 Å². The van der Waals surface area contributed by atoms with E-state index in [4.69, 9.17) is 5.26 Å². The third-order valence-electron chi connectivity index (χ3n) is 4.20. The molecule has 2 aliphatic rings. The normalized spacial score (nSPS) is 33.6. The van der Waals surface area contributed by atoms with Gasteiger partial charge in [-0.3, -0.25) is 4.79 Å². The molecule has 0 spiro atoms. The van der Waals surface area contributed by atoms with Crippen molar-refractivity contribution >= 4 is 5.91 Å². The molecule has 4 nitrogen and oxygen atoms in total. The smallest absolute Gasteiger partial charge is 0.240 e. The van der Waals surface area contributed by atoms with Gasteiger partial charge in [-0.1, -0.05) is 13.8 Å². The maximum atomic E-state index is 12.2. The second-order valence-electron chi connectivity index (χ2n) is 5.66. The third kappa shape index (κ3) is 2.16.